The van der Waals surface area contributed by atoms with Crippen LogP contribution in [0.15, 0.2) is 0 Å². The van der Waals surface area contributed by atoms with E-state index in [9.17, 15) is 22.8 Å². The Balaban J connectivity index is 1.55. The molecule has 0 radical (unpaired) electrons. The number of nitrogens with one attached hydrogen (secondary N) is 2. The Hall–Kier alpha value is -0.980. The van der Waals surface area contributed by atoms with Crippen LogP contribution in [0, 0.1) is 17.3 Å². The molecule has 4 atom stereocenters. The fourth-order valence-corrected chi connectivity index (χ4v) is 5.72. The van der Waals surface area contributed by atoms with Gasteiger partial charge in [-0.15, -0.1) is 11.6 Å². The average molecular weight is 353 g/mol. The van der Waals surface area contributed by atoms with E-state index < -0.39 is 30.6 Å². The van der Waals surface area contributed by atoms with Crippen molar-refractivity contribution in [2.45, 2.75) is 49.6 Å². The number of amides is 2. The molecule has 0 spiro atoms. The van der Waals surface area contributed by atoms with Gasteiger partial charge in [0.05, 0.1) is 12.0 Å². The fraction of sp³-hybridized carbons (Fsp3) is 0.867. The zero-order valence-electron chi connectivity index (χ0n) is 12.6. The maximum atomic E-state index is 12.6. The predicted molar refractivity (Wildman–Crippen MR) is 77.8 cm³/mol. The highest BCUT2D eigenvalue weighted by Crippen LogP contribution is 2.63. The first-order valence-corrected chi connectivity index (χ1v) is 8.28. The van der Waals surface area contributed by atoms with Crippen molar-refractivity contribution in [2.24, 2.45) is 17.3 Å². The van der Waals surface area contributed by atoms with Crippen LogP contribution < -0.4 is 10.6 Å². The summed E-state index contributed by atoms with van der Waals surface area (Å²) >= 11 is 6.64. The molecule has 0 aromatic rings. The highest BCUT2D eigenvalue weighted by molar-refractivity contribution is 6.24. The summed E-state index contributed by atoms with van der Waals surface area (Å²) in [5, 5.41) is 4.27. The molecule has 130 valence electrons. The molecule has 4 nitrogen and oxygen atoms in total. The molecule has 4 aliphatic carbocycles. The summed E-state index contributed by atoms with van der Waals surface area (Å²) in [4.78, 5) is 23.7. The SMILES string of the molecule is O=C(CNC(=O)C12C[C@@H]3C[C@@H](CC(Cl)(C3)C1)C2)NCC(F)(F)F. The van der Waals surface area contributed by atoms with Crippen LogP contribution >= 0.6 is 11.6 Å². The van der Waals surface area contributed by atoms with Gasteiger partial charge in [-0.3, -0.25) is 9.59 Å². The second-order valence-corrected chi connectivity index (χ2v) is 8.27. The summed E-state index contributed by atoms with van der Waals surface area (Å²) in [6, 6.07) is 0. The van der Waals surface area contributed by atoms with Crippen LogP contribution in [0.3, 0.4) is 0 Å². The third kappa shape index (κ3) is 3.59. The second-order valence-electron chi connectivity index (χ2n) is 7.47. The van der Waals surface area contributed by atoms with Gasteiger partial charge in [0.1, 0.15) is 6.54 Å². The molecule has 4 aliphatic rings. The first-order chi connectivity index (χ1) is 10.6. The van der Waals surface area contributed by atoms with Crippen LogP contribution in [0.4, 0.5) is 13.2 Å². The molecule has 2 amide bonds. The molecule has 23 heavy (non-hydrogen) atoms. The normalized spacial score (nSPS) is 38.4. The third-order valence-corrected chi connectivity index (χ3v) is 5.81. The second kappa shape index (κ2) is 5.53. The predicted octanol–water partition coefficient (Wildman–Crippen LogP) is 2.36. The summed E-state index contributed by atoms with van der Waals surface area (Å²) in [6.07, 6.45) is 0.672. The van der Waals surface area contributed by atoms with Gasteiger partial charge < -0.3 is 10.6 Å². The largest absolute Gasteiger partial charge is 0.405 e. The molecule has 0 aromatic carbocycles. The lowest BCUT2D eigenvalue weighted by Crippen LogP contribution is -2.59. The number of carbonyl (C=O) groups is 2. The molecule has 4 fully saturated rings. The molecular weight excluding hydrogens is 333 g/mol. The van der Waals surface area contributed by atoms with Crippen molar-refractivity contribution >= 4 is 23.4 Å². The van der Waals surface area contributed by atoms with Gasteiger partial charge in [-0.1, -0.05) is 0 Å². The van der Waals surface area contributed by atoms with E-state index in [1.165, 1.54) is 0 Å². The highest BCUT2D eigenvalue weighted by atomic mass is 35.5. The molecule has 0 saturated heterocycles. The molecule has 4 bridgehead atoms. The standard InChI is InChI=1S/C15H20ClF3N2O2/c16-14-4-9-1-10(5-14)3-13(2-9,7-14)12(23)20-6-11(22)21-8-15(17,18)19/h9-10H,1-8H2,(H,20,23)(H,21,22)/t9-,10+,13?,14?. The summed E-state index contributed by atoms with van der Waals surface area (Å²) in [6.45, 7) is -1.82. The smallest absolute Gasteiger partial charge is 0.347 e. The Labute approximate surface area is 137 Å². The molecule has 0 heterocycles. The van der Waals surface area contributed by atoms with Gasteiger partial charge in [0.15, 0.2) is 0 Å². The maximum Gasteiger partial charge on any atom is 0.405 e. The lowest BCUT2D eigenvalue weighted by Gasteiger charge is -2.59. The third-order valence-electron chi connectivity index (χ3n) is 5.37. The average Bonchev–Trinajstić information content (AvgIpc) is 2.39. The molecule has 0 aromatic heterocycles. The number of rotatable bonds is 4. The minimum atomic E-state index is -4.45. The Morgan fingerprint density at radius 3 is 2.22 bits per heavy atom. The van der Waals surface area contributed by atoms with Crippen LogP contribution in [0.1, 0.15) is 38.5 Å². The Morgan fingerprint density at radius 1 is 1.09 bits per heavy atom. The number of hydrogen-bond acceptors (Lipinski definition) is 2. The van der Waals surface area contributed by atoms with Gasteiger partial charge in [-0.2, -0.15) is 13.2 Å². The lowest BCUT2D eigenvalue weighted by atomic mass is 9.49. The monoisotopic (exact) mass is 352 g/mol. The lowest BCUT2D eigenvalue weighted by molar-refractivity contribution is -0.146. The molecular formula is C15H20ClF3N2O2. The van der Waals surface area contributed by atoms with Crippen molar-refractivity contribution in [2.75, 3.05) is 13.1 Å². The van der Waals surface area contributed by atoms with E-state index in [0.29, 0.717) is 18.3 Å². The van der Waals surface area contributed by atoms with Crippen LogP contribution in [0.25, 0.3) is 0 Å². The Morgan fingerprint density at radius 2 is 1.70 bits per heavy atom. The van der Waals surface area contributed by atoms with Crippen molar-refractivity contribution in [3.05, 3.63) is 0 Å². The molecule has 2 unspecified atom stereocenters. The summed E-state index contributed by atoms with van der Waals surface area (Å²) in [5.74, 6) is -0.183. The quantitative estimate of drug-likeness (QED) is 0.763. The fourth-order valence-electron chi connectivity index (χ4n) is 5.03. The van der Waals surface area contributed by atoms with Gasteiger partial charge >= 0.3 is 6.18 Å². The van der Waals surface area contributed by atoms with Gasteiger partial charge in [0.2, 0.25) is 11.8 Å². The van der Waals surface area contributed by atoms with Crippen LogP contribution in [-0.2, 0) is 9.59 Å². The topological polar surface area (TPSA) is 58.2 Å². The van der Waals surface area contributed by atoms with Gasteiger partial charge in [0.25, 0.3) is 0 Å². The van der Waals surface area contributed by atoms with E-state index >= 15 is 0 Å². The van der Waals surface area contributed by atoms with Gasteiger partial charge in [-0.25, -0.2) is 0 Å². The van der Waals surface area contributed by atoms with Crippen LogP contribution in [0.2, 0.25) is 0 Å². The minimum Gasteiger partial charge on any atom is -0.347 e. The van der Waals surface area contributed by atoms with Crippen molar-refractivity contribution in [1.82, 2.24) is 10.6 Å². The molecule has 0 aliphatic heterocycles. The number of halogens is 4. The van der Waals surface area contributed by atoms with Crippen LogP contribution in [-0.4, -0.2) is 36.0 Å². The summed E-state index contributed by atoms with van der Waals surface area (Å²) in [5.41, 5.74) is -0.545. The van der Waals surface area contributed by atoms with E-state index in [1.54, 1.807) is 5.32 Å². The summed E-state index contributed by atoms with van der Waals surface area (Å²) < 4.78 is 36.1. The Bertz CT molecular complexity index is 509. The van der Waals surface area contributed by atoms with Crippen molar-refractivity contribution in [3.63, 3.8) is 0 Å². The van der Waals surface area contributed by atoms with Crippen molar-refractivity contribution in [3.8, 4) is 0 Å². The highest BCUT2D eigenvalue weighted by Gasteiger charge is 2.60. The summed E-state index contributed by atoms with van der Waals surface area (Å²) in [7, 11) is 0. The Kier molecular flexibility index (Phi) is 4.06. The molecule has 4 rings (SSSR count). The molecule has 8 heteroatoms. The zero-order valence-corrected chi connectivity index (χ0v) is 13.4. The minimum absolute atomic E-state index is 0.237. The van der Waals surface area contributed by atoms with E-state index in [4.69, 9.17) is 11.6 Å². The zero-order chi connectivity index (χ0) is 16.9. The molecule has 4 saturated carbocycles. The van der Waals surface area contributed by atoms with E-state index in [2.05, 4.69) is 5.32 Å². The van der Waals surface area contributed by atoms with Crippen LogP contribution in [0.5, 0.6) is 0 Å². The number of carbonyl (C=O) groups excluding carboxylic acids is 2. The number of hydrogen-bond donors (Lipinski definition) is 2. The maximum absolute atomic E-state index is 12.6. The first-order valence-electron chi connectivity index (χ1n) is 7.90. The van der Waals surface area contributed by atoms with Crippen molar-refractivity contribution < 1.29 is 22.8 Å². The van der Waals surface area contributed by atoms with Gasteiger partial charge in [-0.05, 0) is 50.4 Å². The number of alkyl halides is 4. The van der Waals surface area contributed by atoms with Gasteiger partial charge in [0, 0.05) is 4.87 Å². The van der Waals surface area contributed by atoms with Crippen molar-refractivity contribution in [1.29, 1.82) is 0 Å². The first kappa shape index (κ1) is 16.9. The van der Waals surface area contributed by atoms with E-state index in [-0.39, 0.29) is 10.8 Å². The van der Waals surface area contributed by atoms with E-state index in [1.807, 2.05) is 0 Å². The van der Waals surface area contributed by atoms with E-state index in [0.717, 1.165) is 32.1 Å². The molecule has 2 N–H and O–H groups in total.